The average Bonchev–Trinajstić information content (AvgIpc) is 3.29. The highest BCUT2D eigenvalue weighted by Crippen LogP contribution is 2.35. The minimum atomic E-state index is -0.368. The van der Waals surface area contributed by atoms with E-state index in [0.29, 0.717) is 81.2 Å². The largest absolute Gasteiger partial charge is 0.508 e. The van der Waals surface area contributed by atoms with Crippen LogP contribution in [-0.4, -0.2) is 57.7 Å². The van der Waals surface area contributed by atoms with E-state index in [2.05, 4.69) is 27.2 Å². The van der Waals surface area contributed by atoms with Gasteiger partial charge in [0.15, 0.2) is 11.6 Å². The number of benzene rings is 3. The van der Waals surface area contributed by atoms with Crippen LogP contribution >= 0.6 is 0 Å². The van der Waals surface area contributed by atoms with Crippen LogP contribution in [0.25, 0.3) is 39.5 Å². The number of phenolic OH excluding ortho intramolecular Hbond substituents is 1. The highest BCUT2D eigenvalue weighted by atomic mass is 19.1. The van der Waals surface area contributed by atoms with Crippen molar-refractivity contribution in [1.82, 2.24) is 19.9 Å². The van der Waals surface area contributed by atoms with Crippen LogP contribution in [0, 0.1) is 30.5 Å². The van der Waals surface area contributed by atoms with Gasteiger partial charge in [0.1, 0.15) is 34.5 Å². The fourth-order valence-corrected chi connectivity index (χ4v) is 6.04. The molecule has 0 atom stereocenters. The Balaban J connectivity index is 0.000000576. The van der Waals surface area contributed by atoms with Gasteiger partial charge in [-0.2, -0.15) is 0 Å². The van der Waals surface area contributed by atoms with Crippen LogP contribution in [0.4, 0.5) is 20.2 Å². The number of aromatic nitrogens is 4. The SMILES string of the molecule is C.C=C(/C=C\C(F)=C/C)c1nc(C(=N)CCC)c(NC)c(-c2ccc(OC)c(C)c2)n1.CC.CC.CCCC(=N)c1nc(-c2ccc(F)cc2)nc(-c2ccc(O)c(C)c2)c1NC. The number of ether oxygens (including phenoxy) is 1. The number of nitrogens with zero attached hydrogens (tertiary/aromatic N) is 4. The Morgan fingerprint density at radius 1 is 0.746 bits per heavy atom. The first-order valence-corrected chi connectivity index (χ1v) is 21.1. The molecule has 0 aliphatic heterocycles. The standard InChI is InChI=1S/C24H29FN4O.C22H23FN4O.2C2H6.CH4/c1-7-9-19(26)22-23(27-5)21(17-11-13-20(30-6)16(4)14-17)28-24(29-22)15(3)10-12-18(25)8-2;1-4-5-17(24)20-21(25-3)19(15-8-11-18(28)13(2)12-15)26-22(27-20)14-6-9-16(23)10-7-14;2*1-2;/h8,10-14,26-27H,3,7,9H2,1-2,4-6H3;6-12,24-25,28H,4-5H2,1-3H3;2*1-2H3;1H4/b12-10-,18-8+,26-19?;;;;. The number of allylic oxidation sites excluding steroid dienone is 5. The smallest absolute Gasteiger partial charge is 0.160 e. The van der Waals surface area contributed by atoms with Crippen LogP contribution < -0.4 is 15.4 Å². The summed E-state index contributed by atoms with van der Waals surface area (Å²) in [7, 11) is 5.20. The number of hydrogen-bond acceptors (Lipinski definition) is 10. The van der Waals surface area contributed by atoms with E-state index in [0.717, 1.165) is 40.8 Å². The second kappa shape index (κ2) is 27.4. The Hall–Kier alpha value is -6.56. The molecule has 0 radical (unpaired) electrons. The Morgan fingerprint density at radius 2 is 1.24 bits per heavy atom. The van der Waals surface area contributed by atoms with Crippen molar-refractivity contribution >= 4 is 28.4 Å². The van der Waals surface area contributed by atoms with Crippen molar-refractivity contribution in [3.8, 4) is 45.4 Å². The monoisotopic (exact) mass is 863 g/mol. The second-order valence-electron chi connectivity index (χ2n) is 13.4. The molecule has 0 fully saturated rings. The number of aryl methyl sites for hydroxylation is 2. The summed E-state index contributed by atoms with van der Waals surface area (Å²) in [5.74, 6) is 1.08. The highest BCUT2D eigenvalue weighted by molar-refractivity contribution is 6.05. The minimum Gasteiger partial charge on any atom is -0.508 e. The Labute approximate surface area is 374 Å². The van der Waals surface area contributed by atoms with Crippen molar-refractivity contribution in [2.24, 2.45) is 0 Å². The van der Waals surface area contributed by atoms with Crippen molar-refractivity contribution in [1.29, 1.82) is 10.8 Å². The number of rotatable bonds is 15. The number of anilines is 2. The molecule has 3 aromatic carbocycles. The topological polar surface area (TPSA) is 153 Å². The Morgan fingerprint density at radius 3 is 1.71 bits per heavy atom. The van der Waals surface area contributed by atoms with Gasteiger partial charge < -0.3 is 31.3 Å². The van der Waals surface area contributed by atoms with Crippen molar-refractivity contribution in [3.05, 3.63) is 125 Å². The molecule has 5 rings (SSSR count). The molecule has 5 aromatic rings. The fourth-order valence-electron chi connectivity index (χ4n) is 6.04. The molecule has 0 saturated heterocycles. The van der Waals surface area contributed by atoms with Crippen LogP contribution in [0.5, 0.6) is 11.5 Å². The predicted molar refractivity (Wildman–Crippen MR) is 263 cm³/mol. The van der Waals surface area contributed by atoms with Crippen molar-refractivity contribution in [2.45, 2.75) is 95.4 Å². The summed E-state index contributed by atoms with van der Waals surface area (Å²) in [4.78, 5) is 18.6. The number of halogens is 2. The number of hydrogen-bond donors (Lipinski definition) is 5. The van der Waals surface area contributed by atoms with E-state index in [4.69, 9.17) is 25.5 Å². The minimum absolute atomic E-state index is 0. The van der Waals surface area contributed by atoms with Crippen LogP contribution in [0.15, 0.2) is 91.3 Å². The number of nitrogens with one attached hydrogen (secondary N) is 4. The van der Waals surface area contributed by atoms with Gasteiger partial charge in [-0.05, 0) is 118 Å². The third-order valence-corrected chi connectivity index (χ3v) is 9.14. The lowest BCUT2D eigenvalue weighted by molar-refractivity contribution is 0.412. The van der Waals surface area contributed by atoms with E-state index in [-0.39, 0.29) is 24.8 Å². The summed E-state index contributed by atoms with van der Waals surface area (Å²) in [5, 5.41) is 33.1. The third kappa shape index (κ3) is 14.5. The highest BCUT2D eigenvalue weighted by Gasteiger charge is 2.21. The second-order valence-corrected chi connectivity index (χ2v) is 13.4. The van der Waals surface area contributed by atoms with E-state index in [1.807, 2.05) is 79.7 Å². The van der Waals surface area contributed by atoms with Gasteiger partial charge in [-0.25, -0.2) is 28.7 Å². The van der Waals surface area contributed by atoms with Gasteiger partial charge in [-0.1, -0.05) is 74.5 Å². The fraction of sp³-hybridized carbons (Fsp3) is 0.333. The summed E-state index contributed by atoms with van der Waals surface area (Å²) in [6.45, 7) is 21.4. The lowest BCUT2D eigenvalue weighted by atomic mass is 10.0. The molecule has 0 bridgehead atoms. The molecule has 0 aliphatic rings. The zero-order valence-corrected chi connectivity index (χ0v) is 38.4. The van der Waals surface area contributed by atoms with Crippen LogP contribution in [0.3, 0.4) is 0 Å². The molecule has 63 heavy (non-hydrogen) atoms. The summed E-state index contributed by atoms with van der Waals surface area (Å²) in [6.07, 6.45) is 7.05. The number of phenols is 1. The normalized spacial score (nSPS) is 10.5. The van der Waals surface area contributed by atoms with Gasteiger partial charge in [0, 0.05) is 36.4 Å². The van der Waals surface area contributed by atoms with Crippen LogP contribution in [0.2, 0.25) is 0 Å². The zero-order valence-electron chi connectivity index (χ0n) is 38.4. The lowest BCUT2D eigenvalue weighted by Gasteiger charge is -2.17. The Bertz CT molecular complexity index is 2360. The molecule has 0 amide bonds. The predicted octanol–water partition coefficient (Wildman–Crippen LogP) is 14.0. The summed E-state index contributed by atoms with van der Waals surface area (Å²) < 4.78 is 32.2. The quantitative estimate of drug-likeness (QED) is 0.0515. The van der Waals surface area contributed by atoms with Crippen molar-refractivity contribution in [3.63, 3.8) is 0 Å². The van der Waals surface area contributed by atoms with Gasteiger partial charge in [0.2, 0.25) is 0 Å². The molecule has 12 heteroatoms. The third-order valence-electron chi connectivity index (χ3n) is 9.14. The maximum Gasteiger partial charge on any atom is 0.160 e. The molecule has 0 spiro atoms. The molecular weight excluding hydrogens is 795 g/mol. The van der Waals surface area contributed by atoms with Crippen molar-refractivity contribution < 1.29 is 18.6 Å². The maximum absolute atomic E-state index is 13.5. The first-order chi connectivity index (χ1) is 29.8. The molecule has 0 aliphatic carbocycles. The molecule has 338 valence electrons. The first kappa shape index (κ1) is 54.5. The summed E-state index contributed by atoms with van der Waals surface area (Å²) in [5.41, 5.74) is 9.00. The van der Waals surface area contributed by atoms with E-state index in [9.17, 15) is 13.9 Å². The number of aromatic hydroxyl groups is 1. The Kier molecular flexibility index (Phi) is 23.7. The lowest BCUT2D eigenvalue weighted by Crippen LogP contribution is -2.12. The van der Waals surface area contributed by atoms with Crippen LogP contribution in [0.1, 0.15) is 110 Å². The van der Waals surface area contributed by atoms with E-state index < -0.39 is 0 Å². The van der Waals surface area contributed by atoms with Gasteiger partial charge in [-0.3, -0.25) is 0 Å². The molecule has 0 saturated carbocycles. The summed E-state index contributed by atoms with van der Waals surface area (Å²) >= 11 is 0. The molecule has 2 heterocycles. The molecule has 10 nitrogen and oxygen atoms in total. The van der Waals surface area contributed by atoms with Crippen LogP contribution in [-0.2, 0) is 0 Å². The molecule has 0 unspecified atom stereocenters. The number of methoxy groups -OCH3 is 1. The van der Waals surface area contributed by atoms with Crippen molar-refractivity contribution in [2.75, 3.05) is 31.8 Å². The van der Waals surface area contributed by atoms with Gasteiger partial charge in [0.05, 0.1) is 41.3 Å². The molecule has 2 aromatic heterocycles. The summed E-state index contributed by atoms with van der Waals surface area (Å²) in [6, 6.07) is 17.0. The van der Waals surface area contributed by atoms with Gasteiger partial charge >= 0.3 is 0 Å². The first-order valence-electron chi connectivity index (χ1n) is 21.1. The van der Waals surface area contributed by atoms with Gasteiger partial charge in [0.25, 0.3) is 0 Å². The van der Waals surface area contributed by atoms with Gasteiger partial charge in [-0.15, -0.1) is 0 Å². The zero-order chi connectivity index (χ0) is 46.5. The maximum atomic E-state index is 13.5. The average molecular weight is 863 g/mol. The van der Waals surface area contributed by atoms with E-state index in [1.165, 1.54) is 24.3 Å². The molecular formula is C51H68F2N8O2. The van der Waals surface area contributed by atoms with E-state index in [1.54, 1.807) is 58.5 Å². The van der Waals surface area contributed by atoms with E-state index >= 15 is 0 Å². The molecule has 5 N–H and O–H groups in total.